The van der Waals surface area contributed by atoms with Crippen molar-refractivity contribution in [2.45, 2.75) is 58.7 Å². The summed E-state index contributed by atoms with van der Waals surface area (Å²) in [5.41, 5.74) is 2.78. The van der Waals surface area contributed by atoms with E-state index >= 15 is 0 Å². The van der Waals surface area contributed by atoms with Crippen molar-refractivity contribution in [3.05, 3.63) is 52.8 Å². The summed E-state index contributed by atoms with van der Waals surface area (Å²) in [6.45, 7) is 8.93. The van der Waals surface area contributed by atoms with Crippen LogP contribution >= 0.6 is 0 Å². The standard InChI is InChI=1S/C26H36N6O3/c1-19-8-6-9-21(16-19)18-31-13-7-14-32-23(26(31)35)17-22(29-32)25(34)28-20(2)24(33)27-10-15-30-11-4-3-5-12-30/h6,8-9,16-17,20H,3-5,7,10-15,18H2,1-2H3,(H,27,33)(H,28,34)/t20-/m0/s1. The number of benzene rings is 1. The summed E-state index contributed by atoms with van der Waals surface area (Å²) in [6.07, 6.45) is 4.45. The molecule has 2 aliphatic rings. The van der Waals surface area contributed by atoms with Crippen LogP contribution in [0.4, 0.5) is 0 Å². The van der Waals surface area contributed by atoms with Gasteiger partial charge in [-0.3, -0.25) is 19.1 Å². The van der Waals surface area contributed by atoms with Gasteiger partial charge in [0.05, 0.1) is 0 Å². The number of likely N-dealkylation sites (tertiary alicyclic amines) is 1. The van der Waals surface area contributed by atoms with E-state index in [1.807, 2.05) is 25.1 Å². The number of fused-ring (bicyclic) bond motifs is 1. The molecule has 9 heteroatoms. The van der Waals surface area contributed by atoms with Gasteiger partial charge < -0.3 is 20.4 Å². The molecule has 4 rings (SSSR count). The van der Waals surface area contributed by atoms with Crippen LogP contribution in [0, 0.1) is 6.92 Å². The first kappa shape index (κ1) is 24.9. The molecule has 0 unspecified atom stereocenters. The quantitative estimate of drug-likeness (QED) is 0.602. The molecular formula is C26H36N6O3. The average Bonchev–Trinajstić information content (AvgIpc) is 3.22. The molecule has 3 amide bonds. The van der Waals surface area contributed by atoms with Crippen LogP contribution in [0.15, 0.2) is 30.3 Å². The lowest BCUT2D eigenvalue weighted by atomic mass is 10.1. The second kappa shape index (κ2) is 11.5. The Morgan fingerprint density at radius 1 is 1.06 bits per heavy atom. The Morgan fingerprint density at radius 2 is 1.86 bits per heavy atom. The summed E-state index contributed by atoms with van der Waals surface area (Å²) in [6, 6.07) is 8.95. The monoisotopic (exact) mass is 480 g/mol. The molecule has 1 atom stereocenters. The van der Waals surface area contributed by atoms with E-state index in [1.54, 1.807) is 16.5 Å². The van der Waals surface area contributed by atoms with Gasteiger partial charge in [0.1, 0.15) is 11.7 Å². The molecule has 0 saturated carbocycles. The summed E-state index contributed by atoms with van der Waals surface area (Å²) in [5.74, 6) is -0.821. The predicted molar refractivity (Wildman–Crippen MR) is 133 cm³/mol. The fourth-order valence-electron chi connectivity index (χ4n) is 4.74. The fourth-order valence-corrected chi connectivity index (χ4v) is 4.74. The molecule has 2 aromatic rings. The van der Waals surface area contributed by atoms with Crippen molar-refractivity contribution in [2.75, 3.05) is 32.7 Å². The highest BCUT2D eigenvalue weighted by molar-refractivity contribution is 5.99. The van der Waals surface area contributed by atoms with Crippen LogP contribution in [0.25, 0.3) is 0 Å². The lowest BCUT2D eigenvalue weighted by Crippen LogP contribution is -2.47. The Balaban J connectivity index is 1.32. The summed E-state index contributed by atoms with van der Waals surface area (Å²) in [4.78, 5) is 42.6. The highest BCUT2D eigenvalue weighted by Crippen LogP contribution is 2.17. The second-order valence-electron chi connectivity index (χ2n) is 9.60. The molecule has 0 spiro atoms. The van der Waals surface area contributed by atoms with Crippen LogP contribution < -0.4 is 10.6 Å². The smallest absolute Gasteiger partial charge is 0.272 e. The third kappa shape index (κ3) is 6.48. The summed E-state index contributed by atoms with van der Waals surface area (Å²) >= 11 is 0. The molecule has 1 saturated heterocycles. The van der Waals surface area contributed by atoms with E-state index in [0.29, 0.717) is 31.9 Å². The average molecular weight is 481 g/mol. The Bertz CT molecular complexity index is 1060. The molecule has 188 valence electrons. The molecule has 2 aliphatic heterocycles. The van der Waals surface area contributed by atoms with Crippen molar-refractivity contribution in [1.82, 2.24) is 30.2 Å². The van der Waals surface area contributed by atoms with Gasteiger partial charge >= 0.3 is 0 Å². The van der Waals surface area contributed by atoms with Gasteiger partial charge in [-0.1, -0.05) is 36.2 Å². The van der Waals surface area contributed by atoms with Gasteiger partial charge in [-0.05, 0) is 51.8 Å². The molecule has 1 aromatic carbocycles. The number of aromatic nitrogens is 2. The van der Waals surface area contributed by atoms with Crippen molar-refractivity contribution >= 4 is 17.7 Å². The van der Waals surface area contributed by atoms with Gasteiger partial charge in [-0.25, -0.2) is 0 Å². The number of carbonyl (C=O) groups excluding carboxylic acids is 3. The molecule has 3 heterocycles. The fraction of sp³-hybridized carbons (Fsp3) is 0.538. The lowest BCUT2D eigenvalue weighted by molar-refractivity contribution is -0.122. The van der Waals surface area contributed by atoms with Gasteiger partial charge in [0.25, 0.3) is 11.8 Å². The maximum atomic E-state index is 13.2. The zero-order valence-electron chi connectivity index (χ0n) is 20.8. The first-order valence-electron chi connectivity index (χ1n) is 12.6. The van der Waals surface area contributed by atoms with Crippen LogP contribution in [-0.2, 0) is 17.9 Å². The Hall–Kier alpha value is -3.20. The van der Waals surface area contributed by atoms with Gasteiger partial charge in [0.15, 0.2) is 5.69 Å². The molecule has 1 fully saturated rings. The number of rotatable bonds is 8. The first-order chi connectivity index (χ1) is 16.9. The summed E-state index contributed by atoms with van der Waals surface area (Å²) in [7, 11) is 0. The van der Waals surface area contributed by atoms with Gasteiger partial charge in [0.2, 0.25) is 5.91 Å². The summed E-state index contributed by atoms with van der Waals surface area (Å²) < 4.78 is 1.61. The van der Waals surface area contributed by atoms with E-state index in [4.69, 9.17) is 0 Å². The normalized spacial score (nSPS) is 17.4. The van der Waals surface area contributed by atoms with Crippen molar-refractivity contribution < 1.29 is 14.4 Å². The van der Waals surface area contributed by atoms with Gasteiger partial charge in [0, 0.05) is 38.8 Å². The van der Waals surface area contributed by atoms with E-state index in [9.17, 15) is 14.4 Å². The zero-order valence-corrected chi connectivity index (χ0v) is 20.8. The van der Waals surface area contributed by atoms with Gasteiger partial charge in [-0.2, -0.15) is 5.10 Å². The molecular weight excluding hydrogens is 444 g/mol. The van der Waals surface area contributed by atoms with Crippen molar-refractivity contribution in [3.63, 3.8) is 0 Å². The summed E-state index contributed by atoms with van der Waals surface area (Å²) in [5, 5.41) is 9.99. The number of hydrogen-bond donors (Lipinski definition) is 2. The van der Waals surface area contributed by atoms with E-state index in [2.05, 4.69) is 26.7 Å². The van der Waals surface area contributed by atoms with E-state index in [1.165, 1.54) is 25.3 Å². The van der Waals surface area contributed by atoms with Crippen LogP contribution in [0.3, 0.4) is 0 Å². The SMILES string of the molecule is Cc1cccc(CN2CCCn3nc(C(=O)N[C@@H](C)C(=O)NCCN4CCCCC4)cc3C2=O)c1. The Labute approximate surface area is 206 Å². The number of aryl methyl sites for hydroxylation is 2. The first-order valence-corrected chi connectivity index (χ1v) is 12.6. The van der Waals surface area contributed by atoms with Crippen LogP contribution in [-0.4, -0.2) is 76.1 Å². The molecule has 1 aromatic heterocycles. The van der Waals surface area contributed by atoms with Crippen LogP contribution in [0.2, 0.25) is 0 Å². The number of hydrogen-bond acceptors (Lipinski definition) is 5. The maximum Gasteiger partial charge on any atom is 0.272 e. The number of piperidine rings is 1. The molecule has 0 bridgehead atoms. The third-order valence-corrected chi connectivity index (χ3v) is 6.69. The maximum absolute atomic E-state index is 13.2. The molecule has 0 aliphatic carbocycles. The number of nitrogens with one attached hydrogen (secondary N) is 2. The van der Waals surface area contributed by atoms with E-state index in [-0.39, 0.29) is 17.5 Å². The molecule has 9 nitrogen and oxygen atoms in total. The number of nitrogens with zero attached hydrogens (tertiary/aromatic N) is 4. The molecule has 35 heavy (non-hydrogen) atoms. The van der Waals surface area contributed by atoms with Crippen molar-refractivity contribution in [2.24, 2.45) is 0 Å². The highest BCUT2D eigenvalue weighted by Gasteiger charge is 2.27. The van der Waals surface area contributed by atoms with Crippen molar-refractivity contribution in [1.29, 1.82) is 0 Å². The Morgan fingerprint density at radius 3 is 2.63 bits per heavy atom. The van der Waals surface area contributed by atoms with Gasteiger partial charge in [-0.15, -0.1) is 0 Å². The minimum absolute atomic E-state index is 0.140. The largest absolute Gasteiger partial charge is 0.353 e. The van der Waals surface area contributed by atoms with E-state index < -0.39 is 11.9 Å². The molecule has 2 N–H and O–H groups in total. The highest BCUT2D eigenvalue weighted by atomic mass is 16.2. The van der Waals surface area contributed by atoms with E-state index in [0.717, 1.165) is 37.2 Å². The topological polar surface area (TPSA) is 99.6 Å². The number of amides is 3. The second-order valence-corrected chi connectivity index (χ2v) is 9.60. The van der Waals surface area contributed by atoms with Crippen LogP contribution in [0.1, 0.15) is 64.7 Å². The minimum atomic E-state index is -0.695. The zero-order chi connectivity index (χ0) is 24.8. The molecule has 0 radical (unpaired) electrons. The minimum Gasteiger partial charge on any atom is -0.353 e. The Kier molecular flexibility index (Phi) is 8.17. The predicted octanol–water partition coefficient (Wildman–Crippen LogP) is 1.96. The lowest BCUT2D eigenvalue weighted by Gasteiger charge is -2.26. The number of carbonyl (C=O) groups is 3. The van der Waals surface area contributed by atoms with Crippen molar-refractivity contribution in [3.8, 4) is 0 Å². The third-order valence-electron chi connectivity index (χ3n) is 6.69. The van der Waals surface area contributed by atoms with Crippen LogP contribution in [0.5, 0.6) is 0 Å².